The molecule has 3 saturated heterocycles. The van der Waals surface area contributed by atoms with Crippen LogP contribution in [-0.4, -0.2) is 83.9 Å². The maximum Gasteiger partial charge on any atom is 0.328 e. The Hall–Kier alpha value is 0.467. The quantitative estimate of drug-likeness (QED) is 0.362. The van der Waals surface area contributed by atoms with Gasteiger partial charge < -0.3 is 32.0 Å². The van der Waals surface area contributed by atoms with Gasteiger partial charge in [-0.15, -0.1) is 0 Å². The van der Waals surface area contributed by atoms with Crippen LogP contribution >= 0.6 is 14.9 Å². The molecule has 3 aliphatic rings. The summed E-state index contributed by atoms with van der Waals surface area (Å²) in [4.78, 5) is 0. The van der Waals surface area contributed by atoms with E-state index < -0.39 is 41.6 Å². The first-order valence-electron chi connectivity index (χ1n) is 11.9. The lowest BCUT2D eigenvalue weighted by molar-refractivity contribution is -0.0318. The van der Waals surface area contributed by atoms with Crippen LogP contribution in [-0.2, 0) is 36.6 Å². The molecule has 0 spiro atoms. The zero-order valence-corrected chi connectivity index (χ0v) is 24.7. The SMILES string of the molecule is C=P1(C)OC[C@H]2O[C@@H](C)C(C)[C@H]2OP(C)(=O)OC[C@H]2O[C@@H](C)[C@@H](O[Si](C)(C)C(C)(C)C)C2O1. The van der Waals surface area contributed by atoms with Gasteiger partial charge in [-0.25, -0.2) is 0 Å². The Morgan fingerprint density at radius 3 is 2.06 bits per heavy atom. The number of fused-ring (bicyclic) bond motifs is 2. The summed E-state index contributed by atoms with van der Waals surface area (Å²) in [5.74, 6) is 0.0478. The highest BCUT2D eigenvalue weighted by Gasteiger charge is 2.52. The van der Waals surface area contributed by atoms with E-state index in [4.69, 9.17) is 32.0 Å². The third kappa shape index (κ3) is 6.43. The number of ether oxygens (including phenoxy) is 2. The Labute approximate surface area is 201 Å². The molecule has 0 amide bonds. The Morgan fingerprint density at radius 1 is 0.909 bits per heavy atom. The van der Waals surface area contributed by atoms with Crippen LogP contribution < -0.4 is 0 Å². The second kappa shape index (κ2) is 9.73. The largest absolute Gasteiger partial charge is 0.409 e. The summed E-state index contributed by atoms with van der Waals surface area (Å²) >= 11 is 0. The summed E-state index contributed by atoms with van der Waals surface area (Å²) in [6.45, 7) is 20.7. The maximum atomic E-state index is 13.2. The topological polar surface area (TPSA) is 81.7 Å². The summed E-state index contributed by atoms with van der Waals surface area (Å²) in [6.07, 6.45) is 2.01. The van der Waals surface area contributed by atoms with Crippen molar-refractivity contribution in [2.45, 2.75) is 102 Å². The van der Waals surface area contributed by atoms with E-state index in [1.807, 2.05) is 27.4 Å². The molecule has 0 bridgehead atoms. The van der Waals surface area contributed by atoms with Crippen molar-refractivity contribution in [3.05, 3.63) is 0 Å². The van der Waals surface area contributed by atoms with Gasteiger partial charge in [-0.05, 0) is 32.0 Å². The Balaban J connectivity index is 1.88. The molecular formula is C22H44O8P2Si. The minimum Gasteiger partial charge on any atom is -0.409 e. The van der Waals surface area contributed by atoms with Crippen LogP contribution in [0.2, 0.25) is 18.1 Å². The van der Waals surface area contributed by atoms with Crippen LogP contribution in [0.1, 0.15) is 41.5 Å². The first kappa shape index (κ1) is 28.0. The predicted molar refractivity (Wildman–Crippen MR) is 135 cm³/mol. The van der Waals surface area contributed by atoms with Gasteiger partial charge in [-0.1, -0.05) is 34.0 Å². The van der Waals surface area contributed by atoms with E-state index in [0.717, 1.165) is 0 Å². The molecule has 3 rings (SSSR count). The van der Waals surface area contributed by atoms with Crippen molar-refractivity contribution in [2.75, 3.05) is 26.5 Å². The number of hydrogen-bond acceptors (Lipinski definition) is 8. The summed E-state index contributed by atoms with van der Waals surface area (Å²) in [5.41, 5.74) is 0. The first-order valence-corrected chi connectivity index (χ1v) is 19.0. The summed E-state index contributed by atoms with van der Waals surface area (Å²) in [7, 11) is -7.99. The van der Waals surface area contributed by atoms with Crippen LogP contribution in [0, 0.1) is 5.92 Å². The average molecular weight is 527 g/mol. The summed E-state index contributed by atoms with van der Waals surface area (Å²) < 4.78 is 56.9. The highest BCUT2D eigenvalue weighted by molar-refractivity contribution is 7.63. The summed E-state index contributed by atoms with van der Waals surface area (Å²) in [6, 6.07) is 0. The van der Waals surface area contributed by atoms with Gasteiger partial charge in [0, 0.05) is 19.2 Å². The van der Waals surface area contributed by atoms with Gasteiger partial charge in [0.2, 0.25) is 0 Å². The van der Waals surface area contributed by atoms with Crippen LogP contribution in [0.3, 0.4) is 0 Å². The van der Waals surface area contributed by atoms with Crippen molar-refractivity contribution >= 4 is 29.6 Å². The highest BCUT2D eigenvalue weighted by atomic mass is 31.2. The number of rotatable bonds is 2. The van der Waals surface area contributed by atoms with Crippen molar-refractivity contribution < 1.29 is 36.6 Å². The molecule has 0 aromatic heterocycles. The standard InChI is InChI=1S/C22H44O8P2Si/c1-14-15(2)26-17-12-24-31(7,8)28-21-18(13-25-32(9,23)29-19(14)17)27-16(3)20(21)30-33(10,11)22(4,5)6/h14-21H,7,12-13H2,1-6,8-11H3/t14?,15-,16-,17+,18+,19+,20+,21?,31?,32?/m0/s1. The third-order valence-electron chi connectivity index (χ3n) is 7.44. The molecule has 194 valence electrons. The number of hydrogen-bond donors (Lipinski definition) is 0. The van der Waals surface area contributed by atoms with Gasteiger partial charge in [-0.3, -0.25) is 4.57 Å². The van der Waals surface area contributed by atoms with Crippen LogP contribution in [0.5, 0.6) is 0 Å². The molecule has 0 N–H and O–H groups in total. The van der Waals surface area contributed by atoms with Gasteiger partial charge in [0.25, 0.3) is 0 Å². The molecule has 11 heteroatoms. The van der Waals surface area contributed by atoms with Gasteiger partial charge >= 0.3 is 7.60 Å². The first-order chi connectivity index (χ1) is 14.9. The van der Waals surface area contributed by atoms with Gasteiger partial charge in [-0.2, -0.15) is 0 Å². The van der Waals surface area contributed by atoms with E-state index in [9.17, 15) is 4.57 Å². The Bertz CT molecular complexity index is 800. The molecule has 10 atom stereocenters. The zero-order chi connectivity index (χ0) is 25.0. The average Bonchev–Trinajstić information content (AvgIpc) is 3.07. The van der Waals surface area contributed by atoms with Crippen LogP contribution in [0.4, 0.5) is 0 Å². The van der Waals surface area contributed by atoms with Crippen molar-refractivity contribution in [2.24, 2.45) is 5.92 Å². The monoisotopic (exact) mass is 526 g/mol. The Morgan fingerprint density at radius 2 is 1.45 bits per heavy atom. The zero-order valence-electron chi connectivity index (χ0n) is 21.9. The second-order valence-electron chi connectivity index (χ2n) is 11.5. The van der Waals surface area contributed by atoms with Crippen LogP contribution in [0.25, 0.3) is 0 Å². The minimum absolute atomic E-state index is 0.0290. The molecule has 3 aliphatic heterocycles. The molecule has 8 nitrogen and oxygen atoms in total. The van der Waals surface area contributed by atoms with E-state index in [1.54, 1.807) is 0 Å². The van der Waals surface area contributed by atoms with E-state index in [2.05, 4.69) is 40.2 Å². The van der Waals surface area contributed by atoms with Crippen molar-refractivity contribution in [1.29, 1.82) is 0 Å². The van der Waals surface area contributed by atoms with E-state index in [1.165, 1.54) is 6.66 Å². The Kier molecular flexibility index (Phi) is 8.27. The van der Waals surface area contributed by atoms with Crippen molar-refractivity contribution in [3.63, 3.8) is 0 Å². The molecule has 0 aromatic rings. The lowest BCUT2D eigenvalue weighted by atomic mass is 10.00. The van der Waals surface area contributed by atoms with E-state index in [0.29, 0.717) is 0 Å². The predicted octanol–water partition coefficient (Wildman–Crippen LogP) is 5.14. The van der Waals surface area contributed by atoms with Gasteiger partial charge in [0.1, 0.15) is 37.9 Å². The fourth-order valence-electron chi connectivity index (χ4n) is 4.21. The highest BCUT2D eigenvalue weighted by Crippen LogP contribution is 2.53. The molecular weight excluding hydrogens is 482 g/mol. The molecule has 0 aliphatic carbocycles. The van der Waals surface area contributed by atoms with Crippen molar-refractivity contribution in [3.8, 4) is 0 Å². The molecule has 3 fully saturated rings. The summed E-state index contributed by atoms with van der Waals surface area (Å²) in [5, 5.41) is 0.0290. The lowest BCUT2D eigenvalue weighted by Crippen LogP contribution is -2.49. The molecule has 0 saturated carbocycles. The van der Waals surface area contributed by atoms with Gasteiger partial charge in [0.15, 0.2) is 8.32 Å². The third-order valence-corrected chi connectivity index (χ3v) is 14.5. The molecule has 33 heavy (non-hydrogen) atoms. The lowest BCUT2D eigenvalue weighted by Gasteiger charge is -2.41. The molecule has 4 unspecified atom stereocenters. The fraction of sp³-hybridized carbons (Fsp3) is 0.955. The second-order valence-corrected chi connectivity index (χ2v) is 20.7. The van der Waals surface area contributed by atoms with Gasteiger partial charge in [0.05, 0.1) is 25.4 Å². The normalized spacial score (nSPS) is 47.9. The van der Waals surface area contributed by atoms with Crippen molar-refractivity contribution in [1.82, 2.24) is 0 Å². The fourth-order valence-corrected chi connectivity index (χ4v) is 8.11. The van der Waals surface area contributed by atoms with E-state index >= 15 is 0 Å². The van der Waals surface area contributed by atoms with E-state index in [-0.39, 0.29) is 48.6 Å². The maximum absolute atomic E-state index is 13.2. The minimum atomic E-state index is -3.37. The smallest absolute Gasteiger partial charge is 0.328 e. The molecule has 0 radical (unpaired) electrons. The molecule has 3 heterocycles. The van der Waals surface area contributed by atoms with Crippen LogP contribution in [0.15, 0.2) is 0 Å². The molecule has 0 aromatic carbocycles.